The number of hydrogen-bond acceptors (Lipinski definition) is 3. The molecule has 0 aromatic rings. The van der Waals surface area contributed by atoms with Gasteiger partial charge < -0.3 is 21.2 Å². The summed E-state index contributed by atoms with van der Waals surface area (Å²) in [6.07, 6.45) is 1.19. The Labute approximate surface area is 85.1 Å². The molecule has 5 nitrogen and oxygen atoms in total. The maximum Gasteiger partial charge on any atom is 0.213 e. The highest BCUT2D eigenvalue weighted by Gasteiger charge is 2.22. The molecule has 0 aromatic carbocycles. The van der Waals surface area contributed by atoms with Crippen molar-refractivity contribution >= 4 is 5.96 Å². The number of ether oxygens (including phenoxy) is 1. The molecule has 1 aliphatic rings. The predicted octanol–water partition coefficient (Wildman–Crippen LogP) is -0.0783. The molecule has 0 spiro atoms. The lowest BCUT2D eigenvalue weighted by molar-refractivity contribution is 0.0291. The number of rotatable bonds is 1. The van der Waals surface area contributed by atoms with Gasteiger partial charge in [-0.2, -0.15) is 0 Å². The topological polar surface area (TPSA) is 76.9 Å². The van der Waals surface area contributed by atoms with Gasteiger partial charge in [0.25, 0.3) is 0 Å². The Morgan fingerprint density at radius 3 is 2.86 bits per heavy atom. The van der Waals surface area contributed by atoms with Crippen molar-refractivity contribution in [2.45, 2.75) is 26.4 Å². The fourth-order valence-corrected chi connectivity index (χ4v) is 1.54. The SMILES string of the molecule is CC(C)C1CN(/C(N)=N/N)CCCO1. The van der Waals surface area contributed by atoms with Gasteiger partial charge in [0.2, 0.25) is 5.96 Å². The number of nitrogens with two attached hydrogens (primary N) is 2. The van der Waals surface area contributed by atoms with Crippen LogP contribution in [-0.4, -0.2) is 36.7 Å². The van der Waals surface area contributed by atoms with E-state index in [9.17, 15) is 0 Å². The van der Waals surface area contributed by atoms with Gasteiger partial charge in [0.05, 0.1) is 6.10 Å². The number of nitrogens with zero attached hydrogens (tertiary/aromatic N) is 2. The summed E-state index contributed by atoms with van der Waals surface area (Å²) in [7, 11) is 0. The van der Waals surface area contributed by atoms with Crippen LogP contribution in [0.3, 0.4) is 0 Å². The lowest BCUT2D eigenvalue weighted by Crippen LogP contribution is -2.43. The highest BCUT2D eigenvalue weighted by Crippen LogP contribution is 2.12. The zero-order valence-corrected chi connectivity index (χ0v) is 8.94. The summed E-state index contributed by atoms with van der Waals surface area (Å²) in [6, 6.07) is 0. The van der Waals surface area contributed by atoms with Crippen molar-refractivity contribution < 1.29 is 4.74 Å². The third kappa shape index (κ3) is 2.77. The highest BCUT2D eigenvalue weighted by molar-refractivity contribution is 5.77. The summed E-state index contributed by atoms with van der Waals surface area (Å²) in [6.45, 7) is 6.73. The smallest absolute Gasteiger partial charge is 0.213 e. The highest BCUT2D eigenvalue weighted by atomic mass is 16.5. The van der Waals surface area contributed by atoms with Crippen LogP contribution < -0.4 is 11.6 Å². The van der Waals surface area contributed by atoms with Crippen LogP contribution in [0.4, 0.5) is 0 Å². The molecule has 0 bridgehead atoms. The van der Waals surface area contributed by atoms with E-state index < -0.39 is 0 Å². The Bertz CT molecular complexity index is 205. The van der Waals surface area contributed by atoms with Gasteiger partial charge in [-0.1, -0.05) is 13.8 Å². The first kappa shape index (κ1) is 11.1. The van der Waals surface area contributed by atoms with Gasteiger partial charge in [0, 0.05) is 19.7 Å². The van der Waals surface area contributed by atoms with Crippen molar-refractivity contribution in [1.29, 1.82) is 0 Å². The average Bonchev–Trinajstić information content (AvgIpc) is 2.41. The lowest BCUT2D eigenvalue weighted by atomic mass is 10.1. The summed E-state index contributed by atoms with van der Waals surface area (Å²) in [5.41, 5.74) is 5.67. The maximum atomic E-state index is 5.70. The minimum Gasteiger partial charge on any atom is -0.376 e. The molecule has 0 aromatic heterocycles. The zero-order chi connectivity index (χ0) is 10.6. The van der Waals surface area contributed by atoms with Crippen molar-refractivity contribution in [2.24, 2.45) is 22.6 Å². The van der Waals surface area contributed by atoms with Crippen LogP contribution in [0.25, 0.3) is 0 Å². The van der Waals surface area contributed by atoms with Crippen LogP contribution in [0.1, 0.15) is 20.3 Å². The second kappa shape index (κ2) is 5.05. The Morgan fingerprint density at radius 2 is 2.29 bits per heavy atom. The number of hydrazone groups is 1. The van der Waals surface area contributed by atoms with Gasteiger partial charge in [0.15, 0.2) is 0 Å². The van der Waals surface area contributed by atoms with Crippen molar-refractivity contribution in [3.63, 3.8) is 0 Å². The van der Waals surface area contributed by atoms with Gasteiger partial charge in [-0.25, -0.2) is 0 Å². The van der Waals surface area contributed by atoms with Crippen molar-refractivity contribution in [1.82, 2.24) is 4.90 Å². The Kier molecular flexibility index (Phi) is 4.00. The molecule has 0 aliphatic carbocycles. The molecule has 14 heavy (non-hydrogen) atoms. The predicted molar refractivity (Wildman–Crippen MR) is 56.6 cm³/mol. The van der Waals surface area contributed by atoms with E-state index in [4.69, 9.17) is 16.3 Å². The Balaban J connectivity index is 2.60. The van der Waals surface area contributed by atoms with E-state index >= 15 is 0 Å². The summed E-state index contributed by atoms with van der Waals surface area (Å²) < 4.78 is 5.70. The molecular weight excluding hydrogens is 180 g/mol. The van der Waals surface area contributed by atoms with Crippen LogP contribution in [0.5, 0.6) is 0 Å². The van der Waals surface area contributed by atoms with Gasteiger partial charge in [0.1, 0.15) is 0 Å². The second-order valence-electron chi connectivity index (χ2n) is 3.94. The van der Waals surface area contributed by atoms with E-state index in [2.05, 4.69) is 18.9 Å². The largest absolute Gasteiger partial charge is 0.376 e. The molecule has 1 atom stereocenters. The quantitative estimate of drug-likeness (QED) is 0.269. The normalized spacial score (nSPS) is 25.2. The van der Waals surface area contributed by atoms with E-state index in [0.29, 0.717) is 11.9 Å². The summed E-state index contributed by atoms with van der Waals surface area (Å²) in [5.74, 6) is 6.05. The molecule has 0 saturated carbocycles. The van der Waals surface area contributed by atoms with Gasteiger partial charge in [-0.05, 0) is 12.3 Å². The minimum absolute atomic E-state index is 0.220. The Hall–Kier alpha value is -0.970. The summed E-state index contributed by atoms with van der Waals surface area (Å²) in [5, 5.41) is 3.51. The average molecular weight is 200 g/mol. The van der Waals surface area contributed by atoms with Gasteiger partial charge in [-0.15, -0.1) is 5.10 Å². The van der Waals surface area contributed by atoms with E-state index in [0.717, 1.165) is 26.1 Å². The first-order valence-electron chi connectivity index (χ1n) is 5.05. The molecule has 1 rings (SSSR count). The molecule has 1 fully saturated rings. The van der Waals surface area contributed by atoms with E-state index in [1.807, 2.05) is 4.90 Å². The number of hydrogen-bond donors (Lipinski definition) is 2. The van der Waals surface area contributed by atoms with Crippen molar-refractivity contribution in [2.75, 3.05) is 19.7 Å². The van der Waals surface area contributed by atoms with Gasteiger partial charge >= 0.3 is 0 Å². The third-order valence-corrected chi connectivity index (χ3v) is 2.50. The first-order valence-corrected chi connectivity index (χ1v) is 5.05. The lowest BCUT2D eigenvalue weighted by Gasteiger charge is -2.26. The van der Waals surface area contributed by atoms with Crippen LogP contribution in [-0.2, 0) is 4.74 Å². The molecule has 82 valence electrons. The van der Waals surface area contributed by atoms with Crippen LogP contribution in [0.2, 0.25) is 0 Å². The van der Waals surface area contributed by atoms with E-state index in [1.54, 1.807) is 0 Å². The fraction of sp³-hybridized carbons (Fsp3) is 0.889. The molecule has 0 radical (unpaired) electrons. The summed E-state index contributed by atoms with van der Waals surface area (Å²) in [4.78, 5) is 1.98. The summed E-state index contributed by atoms with van der Waals surface area (Å²) >= 11 is 0. The van der Waals surface area contributed by atoms with Crippen LogP contribution >= 0.6 is 0 Å². The minimum atomic E-state index is 0.220. The zero-order valence-electron chi connectivity index (χ0n) is 8.94. The molecule has 1 aliphatic heterocycles. The van der Waals surface area contributed by atoms with Crippen LogP contribution in [0, 0.1) is 5.92 Å². The van der Waals surface area contributed by atoms with Crippen molar-refractivity contribution in [3.8, 4) is 0 Å². The monoisotopic (exact) mass is 200 g/mol. The molecule has 0 amide bonds. The molecule has 1 heterocycles. The molecule has 1 unspecified atom stereocenters. The second-order valence-corrected chi connectivity index (χ2v) is 3.94. The first-order chi connectivity index (χ1) is 6.65. The molecule has 5 heteroatoms. The van der Waals surface area contributed by atoms with Crippen LogP contribution in [0.15, 0.2) is 5.10 Å². The molecular formula is C9H20N4O. The fourth-order valence-electron chi connectivity index (χ4n) is 1.54. The van der Waals surface area contributed by atoms with E-state index in [-0.39, 0.29) is 6.10 Å². The molecule has 1 saturated heterocycles. The maximum absolute atomic E-state index is 5.70. The third-order valence-electron chi connectivity index (χ3n) is 2.50. The standard InChI is InChI=1S/C9H20N4O/c1-7(2)8-6-13(9(10)12-11)4-3-5-14-8/h7-8H,3-6,11H2,1-2H3,(H2,10,12). The number of guanidine groups is 1. The Morgan fingerprint density at radius 1 is 1.57 bits per heavy atom. The van der Waals surface area contributed by atoms with Crippen molar-refractivity contribution in [3.05, 3.63) is 0 Å². The van der Waals surface area contributed by atoms with E-state index in [1.165, 1.54) is 0 Å². The molecule has 4 N–H and O–H groups in total. The van der Waals surface area contributed by atoms with Gasteiger partial charge in [-0.3, -0.25) is 0 Å².